The van der Waals surface area contributed by atoms with E-state index in [9.17, 15) is 4.79 Å². The number of hydrogen-bond donors (Lipinski definition) is 0. The van der Waals surface area contributed by atoms with Crippen molar-refractivity contribution in [2.24, 2.45) is 5.92 Å². The number of hydrogen-bond acceptors (Lipinski definition) is 6. The minimum Gasteiger partial charge on any atom is -0.377 e. The first-order valence-corrected chi connectivity index (χ1v) is 11.1. The fourth-order valence-electron chi connectivity index (χ4n) is 4.67. The highest BCUT2D eigenvalue weighted by Crippen LogP contribution is 2.28. The van der Waals surface area contributed by atoms with Crippen molar-refractivity contribution in [1.29, 1.82) is 0 Å². The van der Waals surface area contributed by atoms with Gasteiger partial charge in [-0.25, -0.2) is 4.98 Å². The summed E-state index contributed by atoms with van der Waals surface area (Å²) in [4.78, 5) is 21.4. The number of nitrogens with zero attached hydrogens (tertiary/aromatic N) is 3. The van der Waals surface area contributed by atoms with Gasteiger partial charge in [0.15, 0.2) is 0 Å². The van der Waals surface area contributed by atoms with Crippen molar-refractivity contribution < 1.29 is 14.3 Å². The molecule has 3 fully saturated rings. The Kier molecular flexibility index (Phi) is 6.12. The quantitative estimate of drug-likeness (QED) is 0.787. The molecule has 6 nitrogen and oxygen atoms in total. The fraction of sp³-hybridized carbons (Fsp3) is 0.800. The zero-order valence-corrected chi connectivity index (χ0v) is 17.1. The third-order valence-corrected chi connectivity index (χ3v) is 6.85. The van der Waals surface area contributed by atoms with Crippen LogP contribution in [0.4, 0.5) is 0 Å². The van der Waals surface area contributed by atoms with E-state index < -0.39 is 5.60 Å². The molecule has 1 spiro atoms. The predicted octanol–water partition coefficient (Wildman–Crippen LogP) is 2.46. The van der Waals surface area contributed by atoms with Gasteiger partial charge in [0.25, 0.3) is 0 Å². The molecule has 0 aromatic carbocycles. The molecule has 4 rings (SSSR count). The third-order valence-electron chi connectivity index (χ3n) is 6.02. The maximum atomic E-state index is 12.4. The summed E-state index contributed by atoms with van der Waals surface area (Å²) in [5, 5.41) is 3.08. The number of carbonyl (C=O) groups is 1. The largest absolute Gasteiger partial charge is 0.377 e. The predicted molar refractivity (Wildman–Crippen MR) is 105 cm³/mol. The summed E-state index contributed by atoms with van der Waals surface area (Å²) in [7, 11) is 0. The lowest BCUT2D eigenvalue weighted by Crippen LogP contribution is -2.60. The highest BCUT2D eigenvalue weighted by atomic mass is 32.1. The number of aromatic nitrogens is 1. The Morgan fingerprint density at radius 1 is 1.30 bits per heavy atom. The first kappa shape index (κ1) is 19.3. The van der Waals surface area contributed by atoms with Crippen molar-refractivity contribution in [3.05, 3.63) is 16.1 Å². The number of rotatable bonds is 4. The Balaban J connectivity index is 1.42. The summed E-state index contributed by atoms with van der Waals surface area (Å²) in [5.74, 6) is 0.850. The molecule has 1 amide bonds. The summed E-state index contributed by atoms with van der Waals surface area (Å²) in [6, 6.07) is 0. The van der Waals surface area contributed by atoms with Crippen molar-refractivity contribution in [2.75, 3.05) is 46.0 Å². The summed E-state index contributed by atoms with van der Waals surface area (Å²) in [6.45, 7) is 7.55. The summed E-state index contributed by atoms with van der Waals surface area (Å²) in [6.07, 6.45) is 6.82. The molecular weight excluding hydrogens is 362 g/mol. The Labute approximate surface area is 165 Å². The molecule has 0 radical (unpaired) electrons. The Morgan fingerprint density at radius 3 is 2.93 bits per heavy atom. The van der Waals surface area contributed by atoms with Crippen molar-refractivity contribution >= 4 is 17.2 Å². The topological polar surface area (TPSA) is 54.9 Å². The van der Waals surface area contributed by atoms with Crippen molar-refractivity contribution in [3.63, 3.8) is 0 Å². The first-order chi connectivity index (χ1) is 13.1. The van der Waals surface area contributed by atoms with E-state index in [2.05, 4.69) is 9.88 Å². The van der Waals surface area contributed by atoms with Gasteiger partial charge < -0.3 is 14.4 Å². The van der Waals surface area contributed by atoms with Crippen LogP contribution >= 0.6 is 11.3 Å². The average Bonchev–Trinajstić information content (AvgIpc) is 2.97. The Morgan fingerprint density at radius 2 is 2.15 bits per heavy atom. The van der Waals surface area contributed by atoms with E-state index in [-0.39, 0.29) is 12.5 Å². The minimum atomic E-state index is -0.413. The van der Waals surface area contributed by atoms with Gasteiger partial charge in [-0.05, 0) is 25.7 Å². The summed E-state index contributed by atoms with van der Waals surface area (Å²) in [5.41, 5.74) is 0.556. The SMILES string of the molecule is Cc1nc(CN2CC3(COCCN(CC4CCCCC4)C3)OCC2=O)cs1. The second-order valence-corrected chi connectivity index (χ2v) is 9.43. The molecule has 2 saturated heterocycles. The molecule has 1 aromatic rings. The zero-order chi connectivity index (χ0) is 18.7. The maximum Gasteiger partial charge on any atom is 0.249 e. The van der Waals surface area contributed by atoms with Crippen LogP contribution < -0.4 is 0 Å². The van der Waals surface area contributed by atoms with Crippen molar-refractivity contribution in [3.8, 4) is 0 Å². The molecule has 150 valence electrons. The van der Waals surface area contributed by atoms with Crippen molar-refractivity contribution in [1.82, 2.24) is 14.8 Å². The number of ether oxygens (including phenoxy) is 2. The molecule has 1 unspecified atom stereocenters. The lowest BCUT2D eigenvalue weighted by Gasteiger charge is -2.43. The van der Waals surface area contributed by atoms with Gasteiger partial charge in [0, 0.05) is 25.0 Å². The van der Waals surface area contributed by atoms with Gasteiger partial charge in [0.05, 0.1) is 37.0 Å². The molecule has 3 heterocycles. The van der Waals surface area contributed by atoms with E-state index in [0.29, 0.717) is 19.7 Å². The van der Waals surface area contributed by atoms with Crippen LogP contribution in [0.15, 0.2) is 5.38 Å². The van der Waals surface area contributed by atoms with Crippen LogP contribution in [0.1, 0.15) is 42.8 Å². The van der Waals surface area contributed by atoms with Crippen LogP contribution in [0.3, 0.4) is 0 Å². The standard InChI is InChI=1S/C20H31N3O3S/c1-16-21-18(12-27-16)10-23-14-20(26-11-19(23)24)13-22(7-8-25-15-20)9-17-5-3-2-4-6-17/h12,17H,2-11,13-15H2,1H3. The van der Waals surface area contributed by atoms with E-state index in [1.807, 2.05) is 17.2 Å². The van der Waals surface area contributed by atoms with Gasteiger partial charge in [-0.15, -0.1) is 11.3 Å². The van der Waals surface area contributed by atoms with Crippen molar-refractivity contribution in [2.45, 2.75) is 51.2 Å². The van der Waals surface area contributed by atoms with E-state index in [4.69, 9.17) is 9.47 Å². The van der Waals surface area contributed by atoms with Gasteiger partial charge in [-0.1, -0.05) is 19.3 Å². The van der Waals surface area contributed by atoms with Gasteiger partial charge >= 0.3 is 0 Å². The van der Waals surface area contributed by atoms with E-state index in [1.165, 1.54) is 32.1 Å². The van der Waals surface area contributed by atoms with Gasteiger partial charge in [-0.3, -0.25) is 9.69 Å². The minimum absolute atomic E-state index is 0.0503. The highest BCUT2D eigenvalue weighted by Gasteiger charge is 2.43. The van der Waals surface area contributed by atoms with Crippen LogP contribution in [0.25, 0.3) is 0 Å². The zero-order valence-electron chi connectivity index (χ0n) is 16.3. The first-order valence-electron chi connectivity index (χ1n) is 10.2. The summed E-state index contributed by atoms with van der Waals surface area (Å²) >= 11 is 1.63. The molecular formula is C20H31N3O3S. The number of thiazole rings is 1. The average molecular weight is 394 g/mol. The molecule has 1 aromatic heterocycles. The van der Waals surface area contributed by atoms with E-state index in [1.54, 1.807) is 11.3 Å². The Bertz CT molecular complexity index is 646. The normalized spacial score (nSPS) is 28.6. The smallest absolute Gasteiger partial charge is 0.249 e. The maximum absolute atomic E-state index is 12.4. The van der Waals surface area contributed by atoms with Crippen LogP contribution in [0, 0.1) is 12.8 Å². The number of morpholine rings is 1. The van der Waals surface area contributed by atoms with Gasteiger partial charge in [-0.2, -0.15) is 0 Å². The van der Waals surface area contributed by atoms with Gasteiger partial charge in [0.1, 0.15) is 12.2 Å². The molecule has 1 saturated carbocycles. The number of aryl methyl sites for hydroxylation is 1. The van der Waals surface area contributed by atoms with Crippen LogP contribution in [-0.2, 0) is 20.8 Å². The summed E-state index contributed by atoms with van der Waals surface area (Å²) < 4.78 is 12.0. The highest BCUT2D eigenvalue weighted by molar-refractivity contribution is 7.09. The van der Waals surface area contributed by atoms with Crippen LogP contribution in [0.5, 0.6) is 0 Å². The van der Waals surface area contributed by atoms with Crippen LogP contribution in [-0.4, -0.2) is 72.3 Å². The van der Waals surface area contributed by atoms with Gasteiger partial charge in [0.2, 0.25) is 5.91 Å². The molecule has 3 aliphatic rings. The van der Waals surface area contributed by atoms with E-state index >= 15 is 0 Å². The molecule has 0 bridgehead atoms. The lowest BCUT2D eigenvalue weighted by molar-refractivity contribution is -0.174. The number of amides is 1. The second-order valence-electron chi connectivity index (χ2n) is 8.37. The molecule has 1 atom stereocenters. The second kappa shape index (κ2) is 8.55. The molecule has 2 aliphatic heterocycles. The molecule has 0 N–H and O–H groups in total. The van der Waals surface area contributed by atoms with E-state index in [0.717, 1.165) is 42.9 Å². The Hall–Kier alpha value is -1.02. The fourth-order valence-corrected chi connectivity index (χ4v) is 5.27. The van der Waals surface area contributed by atoms with Crippen LogP contribution in [0.2, 0.25) is 0 Å². The lowest BCUT2D eigenvalue weighted by atomic mass is 9.88. The molecule has 1 aliphatic carbocycles. The molecule has 7 heteroatoms. The monoisotopic (exact) mass is 393 g/mol. The molecule has 27 heavy (non-hydrogen) atoms. The third kappa shape index (κ3) is 4.88. The number of carbonyl (C=O) groups excluding carboxylic acids is 1.